The van der Waals surface area contributed by atoms with Gasteiger partial charge in [0.25, 0.3) is 0 Å². The Balaban J connectivity index is 2.40. The first kappa shape index (κ1) is 7.80. The number of hydrogen-bond acceptors (Lipinski definition) is 1. The average Bonchev–Trinajstić information content (AvgIpc) is 2.43. The number of carbonyl (C=O) groups is 1. The molecule has 1 aliphatic rings. The first-order valence-corrected chi connectivity index (χ1v) is 3.83. The molecule has 0 saturated heterocycles. The molecule has 0 heterocycles. The van der Waals surface area contributed by atoms with Crippen LogP contribution in [0.3, 0.4) is 0 Å². The molecule has 56 valence electrons. The number of carbonyl (C=O) groups excluding carboxylic acids is 1. The van der Waals surface area contributed by atoms with Crippen LogP contribution in [0.15, 0.2) is 11.6 Å². The van der Waals surface area contributed by atoms with Gasteiger partial charge in [0.2, 0.25) is 5.24 Å². The Kier molecular flexibility index (Phi) is 2.14. The highest BCUT2D eigenvalue weighted by molar-refractivity contribution is 6.64. The van der Waals surface area contributed by atoms with Gasteiger partial charge < -0.3 is 0 Å². The zero-order chi connectivity index (χ0) is 7.72. The van der Waals surface area contributed by atoms with Gasteiger partial charge in [-0.25, -0.2) is 0 Å². The molecule has 1 rings (SSSR count). The maximum atomic E-state index is 10.5. The van der Waals surface area contributed by atoms with Crippen molar-refractivity contribution in [1.82, 2.24) is 0 Å². The van der Waals surface area contributed by atoms with Crippen LogP contribution in [0.25, 0.3) is 0 Å². The van der Waals surface area contributed by atoms with E-state index in [1.807, 2.05) is 13.8 Å². The summed E-state index contributed by atoms with van der Waals surface area (Å²) in [4.78, 5) is 10.5. The van der Waals surface area contributed by atoms with Crippen molar-refractivity contribution in [3.8, 4) is 0 Å². The largest absolute Gasteiger partial charge is 0.281 e. The number of rotatable bonds is 2. The second-order valence-electron chi connectivity index (χ2n) is 3.05. The van der Waals surface area contributed by atoms with E-state index in [4.69, 9.17) is 11.6 Å². The van der Waals surface area contributed by atoms with Gasteiger partial charge in [0.15, 0.2) is 0 Å². The molecule has 1 saturated carbocycles. The van der Waals surface area contributed by atoms with E-state index >= 15 is 0 Å². The minimum absolute atomic E-state index is 0.122. The number of hydrogen-bond donors (Lipinski definition) is 0. The summed E-state index contributed by atoms with van der Waals surface area (Å²) in [6.45, 7) is 4.07. The van der Waals surface area contributed by atoms with Crippen LogP contribution in [0.2, 0.25) is 0 Å². The van der Waals surface area contributed by atoms with Crippen molar-refractivity contribution in [3.05, 3.63) is 11.6 Å². The highest BCUT2D eigenvalue weighted by Crippen LogP contribution is 2.41. The van der Waals surface area contributed by atoms with E-state index < -0.39 is 0 Å². The molecule has 0 amide bonds. The van der Waals surface area contributed by atoms with Gasteiger partial charge in [-0.05, 0) is 37.8 Å². The van der Waals surface area contributed by atoms with Crippen molar-refractivity contribution in [2.45, 2.75) is 20.3 Å². The SMILES string of the molecule is CC(C)=CC1CC1C(=O)Cl. The molecule has 0 aromatic carbocycles. The molecule has 0 bridgehead atoms. The van der Waals surface area contributed by atoms with E-state index in [9.17, 15) is 4.79 Å². The van der Waals surface area contributed by atoms with E-state index in [1.54, 1.807) is 0 Å². The fourth-order valence-electron chi connectivity index (χ4n) is 1.09. The second-order valence-corrected chi connectivity index (χ2v) is 3.43. The number of allylic oxidation sites excluding steroid dienone is 2. The van der Waals surface area contributed by atoms with Gasteiger partial charge in [0, 0.05) is 5.92 Å². The summed E-state index contributed by atoms with van der Waals surface area (Å²) in [6, 6.07) is 0. The molecule has 2 atom stereocenters. The monoisotopic (exact) mass is 158 g/mol. The quantitative estimate of drug-likeness (QED) is 0.446. The second kappa shape index (κ2) is 2.75. The van der Waals surface area contributed by atoms with E-state index in [0.717, 1.165) is 6.42 Å². The van der Waals surface area contributed by atoms with Crippen molar-refractivity contribution in [3.63, 3.8) is 0 Å². The highest BCUT2D eigenvalue weighted by Gasteiger charge is 2.40. The Hall–Kier alpha value is -0.300. The van der Waals surface area contributed by atoms with Gasteiger partial charge in [-0.15, -0.1) is 0 Å². The zero-order valence-electron chi connectivity index (χ0n) is 6.23. The first-order valence-electron chi connectivity index (χ1n) is 3.45. The smallest absolute Gasteiger partial charge is 0.225 e. The molecule has 0 radical (unpaired) electrons. The Bertz CT molecular complexity index is 180. The Morgan fingerprint density at radius 2 is 2.20 bits per heavy atom. The molecule has 0 N–H and O–H groups in total. The summed E-state index contributed by atoms with van der Waals surface area (Å²) in [5.41, 5.74) is 1.27. The fourth-order valence-corrected chi connectivity index (χ4v) is 1.34. The normalized spacial score (nSPS) is 29.5. The van der Waals surface area contributed by atoms with Crippen molar-refractivity contribution in [1.29, 1.82) is 0 Å². The number of halogens is 1. The molecule has 2 heteroatoms. The Morgan fingerprint density at radius 3 is 2.50 bits per heavy atom. The molecule has 2 unspecified atom stereocenters. The lowest BCUT2D eigenvalue weighted by Gasteiger charge is -1.87. The molecular weight excluding hydrogens is 148 g/mol. The average molecular weight is 159 g/mol. The van der Waals surface area contributed by atoms with Gasteiger partial charge in [-0.3, -0.25) is 4.79 Å². The predicted molar refractivity (Wildman–Crippen MR) is 41.9 cm³/mol. The van der Waals surface area contributed by atoms with Gasteiger partial charge in [-0.2, -0.15) is 0 Å². The van der Waals surface area contributed by atoms with Gasteiger partial charge in [-0.1, -0.05) is 11.6 Å². The van der Waals surface area contributed by atoms with Crippen LogP contribution in [-0.4, -0.2) is 5.24 Å². The molecule has 0 aliphatic heterocycles. The lowest BCUT2D eigenvalue weighted by Crippen LogP contribution is -1.89. The van der Waals surface area contributed by atoms with E-state index in [1.165, 1.54) is 5.57 Å². The third-order valence-corrected chi connectivity index (χ3v) is 1.96. The summed E-state index contributed by atoms with van der Waals surface area (Å²) in [6.07, 6.45) is 3.07. The topological polar surface area (TPSA) is 17.1 Å². The van der Waals surface area contributed by atoms with E-state index in [2.05, 4.69) is 6.08 Å². The summed E-state index contributed by atoms with van der Waals surface area (Å²) in [5.74, 6) is 0.562. The summed E-state index contributed by atoms with van der Waals surface area (Å²) in [5, 5.41) is -0.178. The summed E-state index contributed by atoms with van der Waals surface area (Å²) < 4.78 is 0. The van der Waals surface area contributed by atoms with Crippen LogP contribution in [0.4, 0.5) is 0 Å². The third kappa shape index (κ3) is 1.84. The minimum Gasteiger partial charge on any atom is -0.281 e. The molecule has 10 heavy (non-hydrogen) atoms. The molecular formula is C8H11ClO. The van der Waals surface area contributed by atoms with Gasteiger partial charge in [0.05, 0.1) is 0 Å². The Morgan fingerprint density at radius 1 is 1.60 bits per heavy atom. The maximum absolute atomic E-state index is 10.5. The van der Waals surface area contributed by atoms with Gasteiger partial charge >= 0.3 is 0 Å². The lowest BCUT2D eigenvalue weighted by atomic mass is 10.2. The molecule has 0 spiro atoms. The molecule has 1 nitrogen and oxygen atoms in total. The van der Waals surface area contributed by atoms with Crippen LogP contribution in [-0.2, 0) is 4.79 Å². The minimum atomic E-state index is -0.178. The van der Waals surface area contributed by atoms with E-state index in [0.29, 0.717) is 5.92 Å². The summed E-state index contributed by atoms with van der Waals surface area (Å²) in [7, 11) is 0. The van der Waals surface area contributed by atoms with E-state index in [-0.39, 0.29) is 11.2 Å². The van der Waals surface area contributed by atoms with Crippen molar-refractivity contribution < 1.29 is 4.79 Å². The molecule has 1 aliphatic carbocycles. The van der Waals surface area contributed by atoms with Crippen molar-refractivity contribution >= 4 is 16.8 Å². The highest BCUT2D eigenvalue weighted by atomic mass is 35.5. The van der Waals surface area contributed by atoms with Crippen molar-refractivity contribution in [2.75, 3.05) is 0 Å². The molecule has 0 aromatic heterocycles. The maximum Gasteiger partial charge on any atom is 0.225 e. The van der Waals surface area contributed by atoms with Crippen LogP contribution in [0, 0.1) is 11.8 Å². The summed E-state index contributed by atoms with van der Waals surface area (Å²) >= 11 is 5.29. The molecule has 0 aromatic rings. The van der Waals surface area contributed by atoms with Gasteiger partial charge in [0.1, 0.15) is 0 Å². The lowest BCUT2D eigenvalue weighted by molar-refractivity contribution is -0.112. The van der Waals surface area contributed by atoms with Crippen LogP contribution < -0.4 is 0 Å². The third-order valence-electron chi connectivity index (χ3n) is 1.68. The fraction of sp³-hybridized carbons (Fsp3) is 0.625. The molecule has 1 fully saturated rings. The van der Waals surface area contributed by atoms with Crippen LogP contribution in [0.1, 0.15) is 20.3 Å². The standard InChI is InChI=1S/C8H11ClO/c1-5(2)3-6-4-7(6)8(9)10/h3,6-7H,4H2,1-2H3. The zero-order valence-corrected chi connectivity index (χ0v) is 6.98. The first-order chi connectivity index (χ1) is 4.61. The Labute approximate surface area is 66.1 Å². The van der Waals surface area contributed by atoms with Crippen LogP contribution in [0.5, 0.6) is 0 Å². The predicted octanol–water partition coefficient (Wildman–Crippen LogP) is 2.35. The van der Waals surface area contributed by atoms with Crippen LogP contribution >= 0.6 is 11.6 Å². The van der Waals surface area contributed by atoms with Crippen molar-refractivity contribution in [2.24, 2.45) is 11.8 Å².